The van der Waals surface area contributed by atoms with E-state index in [4.69, 9.17) is 0 Å². The van der Waals surface area contributed by atoms with Crippen LogP contribution in [0, 0.1) is 6.92 Å². The maximum absolute atomic E-state index is 9.71. The number of likely N-dealkylation sites (N-methyl/N-ethyl adjacent to an activating group) is 1. The third-order valence-corrected chi connectivity index (χ3v) is 4.41. The molecule has 0 saturated carbocycles. The predicted molar refractivity (Wildman–Crippen MR) is 87.5 cm³/mol. The quantitative estimate of drug-likeness (QED) is 0.785. The summed E-state index contributed by atoms with van der Waals surface area (Å²) in [4.78, 5) is 4.60. The Morgan fingerprint density at radius 1 is 1.29 bits per heavy atom. The number of benzene rings is 1. The number of rotatable bonds is 8. The molecule has 1 unspecified atom stereocenters. The summed E-state index contributed by atoms with van der Waals surface area (Å²) in [6, 6.07) is 8.26. The number of nitrogens with zero attached hydrogens (tertiary/aromatic N) is 2. The molecule has 4 heteroatoms. The largest absolute Gasteiger partial charge is 0.394 e. The first-order valence-corrected chi connectivity index (χ1v) is 7.93. The number of hydrogen-bond acceptors (Lipinski definition) is 3. The molecule has 0 fully saturated rings. The van der Waals surface area contributed by atoms with Crippen LogP contribution in [0.4, 0.5) is 0 Å². The third-order valence-electron chi connectivity index (χ3n) is 4.41. The number of aryl methyl sites for hydroxylation is 2. The van der Waals surface area contributed by atoms with Gasteiger partial charge in [-0.05, 0) is 44.9 Å². The Hall–Kier alpha value is -1.39. The van der Waals surface area contributed by atoms with Crippen LogP contribution in [0.15, 0.2) is 24.3 Å². The number of aliphatic hydroxyl groups is 1. The van der Waals surface area contributed by atoms with Gasteiger partial charge in [-0.15, -0.1) is 0 Å². The van der Waals surface area contributed by atoms with Crippen molar-refractivity contribution >= 4 is 11.0 Å². The monoisotopic (exact) mass is 289 g/mol. The molecule has 2 rings (SSSR count). The smallest absolute Gasteiger partial charge is 0.106 e. The Labute approximate surface area is 127 Å². The van der Waals surface area contributed by atoms with Gasteiger partial charge in [-0.1, -0.05) is 26.0 Å². The molecule has 0 saturated heterocycles. The average molecular weight is 289 g/mol. The van der Waals surface area contributed by atoms with Crippen LogP contribution in [-0.4, -0.2) is 33.3 Å². The maximum Gasteiger partial charge on any atom is 0.106 e. The lowest BCUT2D eigenvalue weighted by Gasteiger charge is -2.32. The van der Waals surface area contributed by atoms with Crippen molar-refractivity contribution in [2.75, 3.05) is 13.2 Å². The van der Waals surface area contributed by atoms with Crippen LogP contribution >= 0.6 is 0 Å². The van der Waals surface area contributed by atoms with Gasteiger partial charge < -0.3 is 15.0 Å². The van der Waals surface area contributed by atoms with Gasteiger partial charge in [-0.25, -0.2) is 4.98 Å². The molecule has 2 aromatic rings. The number of para-hydroxylation sites is 2. The lowest BCUT2D eigenvalue weighted by molar-refractivity contribution is 0.145. The Bertz CT molecular complexity index is 572. The van der Waals surface area contributed by atoms with E-state index in [2.05, 4.69) is 53.8 Å². The average Bonchev–Trinajstić information content (AvgIpc) is 2.82. The van der Waals surface area contributed by atoms with E-state index in [1.54, 1.807) is 0 Å². The summed E-state index contributed by atoms with van der Waals surface area (Å²) in [5.74, 6) is 1.06. The molecule has 0 amide bonds. The van der Waals surface area contributed by atoms with Crippen molar-refractivity contribution in [3.05, 3.63) is 30.1 Å². The minimum atomic E-state index is -0.140. The predicted octanol–water partition coefficient (Wildman–Crippen LogP) is 2.88. The van der Waals surface area contributed by atoms with Crippen LogP contribution in [0.25, 0.3) is 11.0 Å². The van der Waals surface area contributed by atoms with Crippen LogP contribution in [0.2, 0.25) is 0 Å². The van der Waals surface area contributed by atoms with E-state index < -0.39 is 0 Å². The van der Waals surface area contributed by atoms with Gasteiger partial charge in [-0.2, -0.15) is 0 Å². The Balaban J connectivity index is 2.06. The zero-order valence-corrected chi connectivity index (χ0v) is 13.4. The van der Waals surface area contributed by atoms with E-state index in [1.807, 2.05) is 6.07 Å². The molecular weight excluding hydrogens is 262 g/mol. The molecule has 1 aromatic heterocycles. The lowest BCUT2D eigenvalue weighted by Crippen LogP contribution is -2.48. The summed E-state index contributed by atoms with van der Waals surface area (Å²) in [7, 11) is 0. The van der Waals surface area contributed by atoms with E-state index in [0.29, 0.717) is 0 Å². The third kappa shape index (κ3) is 3.44. The van der Waals surface area contributed by atoms with Gasteiger partial charge >= 0.3 is 0 Å². The number of imidazole rings is 1. The van der Waals surface area contributed by atoms with E-state index >= 15 is 0 Å². The van der Waals surface area contributed by atoms with Gasteiger partial charge in [0.15, 0.2) is 0 Å². The Kier molecular flexibility index (Phi) is 5.37. The first-order valence-electron chi connectivity index (χ1n) is 7.93. The normalized spacial score (nSPS) is 14.5. The van der Waals surface area contributed by atoms with Crippen molar-refractivity contribution in [2.45, 2.75) is 52.1 Å². The molecular formula is C17H27N3O. The van der Waals surface area contributed by atoms with E-state index in [9.17, 15) is 5.11 Å². The van der Waals surface area contributed by atoms with Crippen LogP contribution in [0.3, 0.4) is 0 Å². The molecule has 1 aromatic carbocycles. The maximum atomic E-state index is 9.71. The summed E-state index contributed by atoms with van der Waals surface area (Å²) < 4.78 is 2.28. The highest BCUT2D eigenvalue weighted by Gasteiger charge is 2.25. The standard InChI is InChI=1S/C17H27N3O/c1-4-17(13-21,18-5-2)11-8-12-20-14(3)19-15-9-6-7-10-16(15)20/h6-7,9-10,18,21H,4-5,8,11-13H2,1-3H3. The lowest BCUT2D eigenvalue weighted by atomic mass is 9.91. The van der Waals surface area contributed by atoms with E-state index in [-0.39, 0.29) is 12.1 Å². The van der Waals surface area contributed by atoms with Crippen molar-refractivity contribution in [3.63, 3.8) is 0 Å². The topological polar surface area (TPSA) is 50.1 Å². The number of hydrogen-bond donors (Lipinski definition) is 2. The Morgan fingerprint density at radius 2 is 2.05 bits per heavy atom. The molecule has 0 aliphatic rings. The van der Waals surface area contributed by atoms with Gasteiger partial charge in [-0.3, -0.25) is 0 Å². The van der Waals surface area contributed by atoms with Crippen molar-refractivity contribution < 1.29 is 5.11 Å². The second kappa shape index (κ2) is 7.05. The van der Waals surface area contributed by atoms with Crippen LogP contribution in [-0.2, 0) is 6.54 Å². The highest BCUT2D eigenvalue weighted by Crippen LogP contribution is 2.20. The second-order valence-electron chi connectivity index (χ2n) is 5.73. The molecule has 0 aliphatic carbocycles. The number of nitrogens with one attached hydrogen (secondary N) is 1. The molecule has 0 radical (unpaired) electrons. The molecule has 0 bridgehead atoms. The number of aromatic nitrogens is 2. The minimum Gasteiger partial charge on any atom is -0.394 e. The molecule has 21 heavy (non-hydrogen) atoms. The second-order valence-corrected chi connectivity index (χ2v) is 5.73. The minimum absolute atomic E-state index is 0.140. The summed E-state index contributed by atoms with van der Waals surface area (Å²) in [6.07, 6.45) is 2.95. The first-order chi connectivity index (χ1) is 10.2. The first kappa shape index (κ1) is 16.0. The summed E-state index contributed by atoms with van der Waals surface area (Å²) >= 11 is 0. The van der Waals surface area contributed by atoms with Gasteiger partial charge in [0.25, 0.3) is 0 Å². The van der Waals surface area contributed by atoms with Crippen molar-refractivity contribution in [3.8, 4) is 0 Å². The SMILES string of the molecule is CCNC(CC)(CO)CCCn1c(C)nc2ccccc21. The van der Waals surface area contributed by atoms with Gasteiger partial charge in [0.05, 0.1) is 17.6 Å². The van der Waals surface area contributed by atoms with Crippen LogP contribution in [0.1, 0.15) is 38.9 Å². The molecule has 0 aliphatic heterocycles. The van der Waals surface area contributed by atoms with Crippen molar-refractivity contribution in [1.29, 1.82) is 0 Å². The van der Waals surface area contributed by atoms with Gasteiger partial charge in [0.1, 0.15) is 5.82 Å². The van der Waals surface area contributed by atoms with Crippen LogP contribution < -0.4 is 5.32 Å². The van der Waals surface area contributed by atoms with Crippen molar-refractivity contribution in [2.24, 2.45) is 0 Å². The molecule has 4 nitrogen and oxygen atoms in total. The van der Waals surface area contributed by atoms with Gasteiger partial charge in [0, 0.05) is 12.1 Å². The Morgan fingerprint density at radius 3 is 2.71 bits per heavy atom. The van der Waals surface area contributed by atoms with Crippen molar-refractivity contribution in [1.82, 2.24) is 14.9 Å². The fraction of sp³-hybridized carbons (Fsp3) is 0.588. The highest BCUT2D eigenvalue weighted by atomic mass is 16.3. The fourth-order valence-corrected chi connectivity index (χ4v) is 3.07. The summed E-state index contributed by atoms with van der Waals surface area (Å²) in [5, 5.41) is 13.2. The molecule has 0 spiro atoms. The number of aliphatic hydroxyl groups excluding tert-OH is 1. The molecule has 1 heterocycles. The van der Waals surface area contributed by atoms with E-state index in [1.165, 1.54) is 5.52 Å². The molecule has 1 atom stereocenters. The highest BCUT2D eigenvalue weighted by molar-refractivity contribution is 5.75. The molecule has 116 valence electrons. The van der Waals surface area contributed by atoms with Crippen LogP contribution in [0.5, 0.6) is 0 Å². The summed E-state index contributed by atoms with van der Waals surface area (Å²) in [5.41, 5.74) is 2.12. The van der Waals surface area contributed by atoms with E-state index in [0.717, 1.165) is 43.7 Å². The zero-order chi connectivity index (χ0) is 15.3. The molecule has 2 N–H and O–H groups in total. The summed E-state index contributed by atoms with van der Waals surface area (Å²) in [6.45, 7) is 8.32. The number of fused-ring (bicyclic) bond motifs is 1. The zero-order valence-electron chi connectivity index (χ0n) is 13.4. The van der Waals surface area contributed by atoms with Gasteiger partial charge in [0.2, 0.25) is 0 Å². The fourth-order valence-electron chi connectivity index (χ4n) is 3.07.